The van der Waals surface area contributed by atoms with Gasteiger partial charge in [0.25, 0.3) is 11.8 Å². The number of nitrogens with one attached hydrogen (secondary N) is 1. The number of ether oxygens (including phenoxy) is 2. The molecule has 2 atom stereocenters. The van der Waals surface area contributed by atoms with Gasteiger partial charge in [0.2, 0.25) is 0 Å². The van der Waals surface area contributed by atoms with Crippen LogP contribution in [0.3, 0.4) is 0 Å². The van der Waals surface area contributed by atoms with Gasteiger partial charge < -0.3 is 19.7 Å². The fourth-order valence-electron chi connectivity index (χ4n) is 5.17. The zero-order chi connectivity index (χ0) is 26.4. The van der Waals surface area contributed by atoms with E-state index in [1.807, 2.05) is 25.3 Å². The van der Waals surface area contributed by atoms with Crippen LogP contribution >= 0.6 is 0 Å². The molecule has 0 radical (unpaired) electrons. The molecule has 1 amide bonds. The first-order valence-corrected chi connectivity index (χ1v) is 12.2. The number of carbonyl (C=O) groups excluding carboxylic acids is 1. The molecule has 7 nitrogen and oxygen atoms in total. The first-order valence-electron chi connectivity index (χ1n) is 12.2. The number of hydrogen-bond donors (Lipinski definition) is 1. The Labute approximate surface area is 214 Å². The van der Waals surface area contributed by atoms with Crippen LogP contribution in [0.4, 0.5) is 20.2 Å². The van der Waals surface area contributed by atoms with E-state index in [2.05, 4.69) is 28.2 Å². The average molecular weight is 509 g/mol. The molecule has 1 fully saturated rings. The summed E-state index contributed by atoms with van der Waals surface area (Å²) in [5.41, 5.74) is 4.81. The molecule has 0 bridgehead atoms. The molecule has 2 aliphatic heterocycles. The Balaban J connectivity index is 1.47. The van der Waals surface area contributed by atoms with Gasteiger partial charge in [-0.15, -0.1) is 0 Å². The number of methoxy groups -OCH3 is 1. The highest BCUT2D eigenvalue weighted by atomic mass is 19.3. The van der Waals surface area contributed by atoms with E-state index in [0.717, 1.165) is 54.0 Å². The second-order valence-electron chi connectivity index (χ2n) is 10.1. The number of aromatic nitrogens is 2. The Morgan fingerprint density at radius 2 is 2.05 bits per heavy atom. The Morgan fingerprint density at radius 1 is 1.24 bits per heavy atom. The fraction of sp³-hybridized carbons (Fsp3) is 0.393. The molecule has 5 rings (SSSR count). The van der Waals surface area contributed by atoms with E-state index < -0.39 is 17.5 Å². The number of nitrogens with zero attached hydrogens (tertiary/aromatic N) is 3. The number of morpholine rings is 1. The number of amides is 1. The van der Waals surface area contributed by atoms with E-state index in [0.29, 0.717) is 18.9 Å². The number of carbonyl (C=O) groups is 1. The zero-order valence-corrected chi connectivity index (χ0v) is 21.3. The van der Waals surface area contributed by atoms with Gasteiger partial charge in [-0.3, -0.25) is 14.8 Å². The van der Waals surface area contributed by atoms with E-state index in [9.17, 15) is 13.6 Å². The van der Waals surface area contributed by atoms with Gasteiger partial charge in [-0.2, -0.15) is 8.78 Å². The zero-order valence-electron chi connectivity index (χ0n) is 21.3. The number of aryl methyl sites for hydroxylation is 1. The van der Waals surface area contributed by atoms with Crippen LogP contribution < -0.4 is 10.2 Å². The first kappa shape index (κ1) is 25.2. The van der Waals surface area contributed by atoms with Gasteiger partial charge in [-0.1, -0.05) is 6.07 Å². The molecule has 0 unspecified atom stereocenters. The number of alkyl halides is 2. The normalized spacial score (nSPS) is 21.2. The van der Waals surface area contributed by atoms with Crippen molar-refractivity contribution in [1.82, 2.24) is 9.97 Å². The molecule has 1 saturated heterocycles. The molecule has 0 aliphatic carbocycles. The average Bonchev–Trinajstić information content (AvgIpc) is 2.88. The number of fused-ring (bicyclic) bond motifs is 3. The third kappa shape index (κ3) is 4.81. The van der Waals surface area contributed by atoms with Gasteiger partial charge in [-0.05, 0) is 55.3 Å². The SMILES string of the molecule is CO[C@@H]1C[C@]2(C)COCCN2c2cc(-c3cc(NC(=O)c4ccnc(C(C)(F)F)c4)ccc3C)cnc21. The number of hydrogen-bond acceptors (Lipinski definition) is 6. The largest absolute Gasteiger partial charge is 0.377 e. The molecule has 0 saturated carbocycles. The van der Waals surface area contributed by atoms with Crippen molar-refractivity contribution >= 4 is 17.3 Å². The van der Waals surface area contributed by atoms with Crippen molar-refractivity contribution in [2.24, 2.45) is 0 Å². The van der Waals surface area contributed by atoms with Crippen LogP contribution in [0.25, 0.3) is 11.1 Å². The number of halogens is 2. The molecule has 37 heavy (non-hydrogen) atoms. The second kappa shape index (κ2) is 9.46. The minimum atomic E-state index is -3.13. The molecule has 194 valence electrons. The van der Waals surface area contributed by atoms with E-state index in [-0.39, 0.29) is 17.2 Å². The summed E-state index contributed by atoms with van der Waals surface area (Å²) in [4.78, 5) is 23.7. The fourth-order valence-corrected chi connectivity index (χ4v) is 5.17. The molecule has 0 spiro atoms. The Kier molecular flexibility index (Phi) is 6.45. The number of benzene rings is 1. The van der Waals surface area contributed by atoms with Crippen LogP contribution in [0, 0.1) is 6.92 Å². The molecular weight excluding hydrogens is 478 g/mol. The van der Waals surface area contributed by atoms with Crippen molar-refractivity contribution in [2.75, 3.05) is 37.1 Å². The number of anilines is 2. The lowest BCUT2D eigenvalue weighted by atomic mass is 9.84. The highest BCUT2D eigenvalue weighted by Gasteiger charge is 2.44. The standard InChI is InChI=1S/C28H30F2N4O3/c1-17-5-6-20(33-26(35)18-7-8-31-24(12-18)28(3,29)30)13-21(17)19-11-22-25(32-15-19)23(36-4)14-27(2)16-37-10-9-34(22)27/h5-8,11-13,15,23H,9-10,14,16H2,1-4H3,(H,33,35)/t23-,27-/m1/s1. The lowest BCUT2D eigenvalue weighted by molar-refractivity contribution is 0.00438. The van der Waals surface area contributed by atoms with Crippen molar-refractivity contribution in [3.05, 3.63) is 71.3 Å². The van der Waals surface area contributed by atoms with Gasteiger partial charge in [0, 0.05) is 56.2 Å². The molecule has 9 heteroatoms. The van der Waals surface area contributed by atoms with Crippen LogP contribution in [0.5, 0.6) is 0 Å². The summed E-state index contributed by atoms with van der Waals surface area (Å²) in [6.45, 7) is 6.98. The Hall–Kier alpha value is -3.43. The summed E-state index contributed by atoms with van der Waals surface area (Å²) >= 11 is 0. The minimum absolute atomic E-state index is 0.112. The molecule has 2 aliphatic rings. The number of rotatable bonds is 5. The van der Waals surface area contributed by atoms with Crippen LogP contribution in [-0.2, 0) is 15.4 Å². The maximum absolute atomic E-state index is 13.7. The minimum Gasteiger partial charge on any atom is -0.377 e. The maximum atomic E-state index is 13.7. The van der Waals surface area contributed by atoms with Crippen LogP contribution in [0.1, 0.15) is 53.7 Å². The van der Waals surface area contributed by atoms with E-state index in [1.165, 1.54) is 12.3 Å². The topological polar surface area (TPSA) is 76.6 Å². The third-order valence-corrected chi connectivity index (χ3v) is 7.21. The predicted octanol–water partition coefficient (Wildman–Crippen LogP) is 5.50. The molecule has 3 aromatic rings. The van der Waals surface area contributed by atoms with Crippen molar-refractivity contribution in [3.8, 4) is 11.1 Å². The van der Waals surface area contributed by atoms with Crippen LogP contribution in [0.2, 0.25) is 0 Å². The quantitative estimate of drug-likeness (QED) is 0.490. The summed E-state index contributed by atoms with van der Waals surface area (Å²) in [5.74, 6) is -3.62. The van der Waals surface area contributed by atoms with Gasteiger partial charge in [0.15, 0.2) is 0 Å². The lowest BCUT2D eigenvalue weighted by Gasteiger charge is -2.51. The summed E-state index contributed by atoms with van der Waals surface area (Å²) < 4.78 is 39.0. The summed E-state index contributed by atoms with van der Waals surface area (Å²) in [7, 11) is 1.70. The lowest BCUT2D eigenvalue weighted by Crippen LogP contribution is -2.58. The molecule has 1 N–H and O–H groups in total. The first-order chi connectivity index (χ1) is 17.6. The number of pyridine rings is 2. The molecule has 1 aromatic carbocycles. The highest BCUT2D eigenvalue weighted by Crippen LogP contribution is 2.45. The van der Waals surface area contributed by atoms with Crippen molar-refractivity contribution in [2.45, 2.75) is 44.8 Å². The van der Waals surface area contributed by atoms with Crippen molar-refractivity contribution < 1.29 is 23.0 Å². The van der Waals surface area contributed by atoms with Crippen LogP contribution in [0.15, 0.2) is 48.8 Å². The van der Waals surface area contributed by atoms with Crippen molar-refractivity contribution in [1.29, 1.82) is 0 Å². The molecule has 4 heterocycles. The van der Waals surface area contributed by atoms with Gasteiger partial charge in [-0.25, -0.2) is 0 Å². The molecule has 2 aromatic heterocycles. The summed E-state index contributed by atoms with van der Waals surface area (Å²) in [6.07, 6.45) is 3.72. The van der Waals surface area contributed by atoms with E-state index in [4.69, 9.17) is 14.5 Å². The van der Waals surface area contributed by atoms with Gasteiger partial charge in [0.1, 0.15) is 11.8 Å². The second-order valence-corrected chi connectivity index (χ2v) is 10.1. The van der Waals surface area contributed by atoms with Gasteiger partial charge in [0.05, 0.1) is 30.1 Å². The van der Waals surface area contributed by atoms with Crippen molar-refractivity contribution in [3.63, 3.8) is 0 Å². The third-order valence-electron chi connectivity index (χ3n) is 7.21. The Morgan fingerprint density at radius 3 is 2.81 bits per heavy atom. The maximum Gasteiger partial charge on any atom is 0.286 e. The monoisotopic (exact) mass is 508 g/mol. The van der Waals surface area contributed by atoms with Crippen LogP contribution in [-0.4, -0.2) is 48.3 Å². The summed E-state index contributed by atoms with van der Waals surface area (Å²) in [6, 6.07) is 10.2. The predicted molar refractivity (Wildman–Crippen MR) is 137 cm³/mol. The Bertz CT molecular complexity index is 1340. The van der Waals surface area contributed by atoms with E-state index in [1.54, 1.807) is 13.2 Å². The van der Waals surface area contributed by atoms with Gasteiger partial charge >= 0.3 is 0 Å². The summed E-state index contributed by atoms with van der Waals surface area (Å²) in [5, 5.41) is 2.83. The van der Waals surface area contributed by atoms with E-state index >= 15 is 0 Å². The highest BCUT2D eigenvalue weighted by molar-refractivity contribution is 6.04. The smallest absolute Gasteiger partial charge is 0.286 e. The molecular formula is C28H30F2N4O3.